The summed E-state index contributed by atoms with van der Waals surface area (Å²) in [6.45, 7) is 2.71. The van der Waals surface area contributed by atoms with Crippen LogP contribution in [-0.4, -0.2) is 39.7 Å². The van der Waals surface area contributed by atoms with Crippen molar-refractivity contribution >= 4 is 0 Å². The summed E-state index contributed by atoms with van der Waals surface area (Å²) in [7, 11) is 0. The lowest BCUT2D eigenvalue weighted by Crippen LogP contribution is -2.25. The van der Waals surface area contributed by atoms with Gasteiger partial charge in [-0.15, -0.1) is 0 Å². The molecule has 1 aliphatic heterocycles. The summed E-state index contributed by atoms with van der Waals surface area (Å²) in [6, 6.07) is 15.8. The van der Waals surface area contributed by atoms with Crippen LogP contribution in [0.1, 0.15) is 31.2 Å². The highest BCUT2D eigenvalue weighted by atomic mass is 16.5. The first-order valence-electron chi connectivity index (χ1n) is 9.07. The number of rotatable bonds is 7. The van der Waals surface area contributed by atoms with Gasteiger partial charge in [-0.25, -0.2) is 0 Å². The second-order valence-corrected chi connectivity index (χ2v) is 6.38. The van der Waals surface area contributed by atoms with Crippen molar-refractivity contribution in [2.75, 3.05) is 19.7 Å². The molecule has 0 spiro atoms. The Labute approximate surface area is 152 Å². The molecule has 0 amide bonds. The molecule has 1 saturated heterocycles. The molecule has 4 rings (SSSR count). The molecular weight excluding hydrogens is 328 g/mol. The first-order chi connectivity index (χ1) is 12.9. The first kappa shape index (κ1) is 16.7. The largest absolute Gasteiger partial charge is 0.494 e. The van der Waals surface area contributed by atoms with Crippen molar-refractivity contribution in [2.45, 2.75) is 25.3 Å². The normalized spacial score (nSPS) is 17.5. The van der Waals surface area contributed by atoms with Crippen molar-refractivity contribution < 1.29 is 9.26 Å². The fourth-order valence-electron chi connectivity index (χ4n) is 3.32. The lowest BCUT2D eigenvalue weighted by molar-refractivity contribution is 0.190. The first-order valence-corrected chi connectivity index (χ1v) is 9.07. The number of aromatic nitrogens is 3. The topological polar surface area (TPSA) is 64.3 Å². The fraction of sp³-hybridized carbons (Fsp3) is 0.350. The lowest BCUT2D eigenvalue weighted by Gasteiger charge is -2.21. The minimum atomic E-state index is 0.191. The van der Waals surface area contributed by atoms with Crippen LogP contribution in [0.2, 0.25) is 0 Å². The van der Waals surface area contributed by atoms with Crippen LogP contribution in [0.4, 0.5) is 0 Å². The van der Waals surface area contributed by atoms with Gasteiger partial charge in [0.2, 0.25) is 11.7 Å². The van der Waals surface area contributed by atoms with E-state index >= 15 is 0 Å². The third-order valence-corrected chi connectivity index (χ3v) is 4.59. The summed E-state index contributed by atoms with van der Waals surface area (Å²) in [5, 5.41) is 4.10. The Balaban J connectivity index is 1.33. The number of hydrogen-bond acceptors (Lipinski definition) is 6. The maximum absolute atomic E-state index is 5.78. The Morgan fingerprint density at radius 2 is 2.00 bits per heavy atom. The van der Waals surface area contributed by atoms with Gasteiger partial charge in [0.1, 0.15) is 11.4 Å². The van der Waals surface area contributed by atoms with Gasteiger partial charge in [0.05, 0.1) is 12.6 Å². The molecule has 0 radical (unpaired) electrons. The Bertz CT molecular complexity index is 807. The van der Waals surface area contributed by atoms with Crippen LogP contribution in [0.5, 0.6) is 5.75 Å². The van der Waals surface area contributed by atoms with Crippen LogP contribution in [0, 0.1) is 0 Å². The zero-order valence-electron chi connectivity index (χ0n) is 14.6. The monoisotopic (exact) mass is 350 g/mol. The van der Waals surface area contributed by atoms with E-state index < -0.39 is 0 Å². The molecule has 1 aromatic carbocycles. The van der Waals surface area contributed by atoms with Crippen LogP contribution < -0.4 is 4.74 Å². The van der Waals surface area contributed by atoms with Gasteiger partial charge in [-0.2, -0.15) is 4.98 Å². The minimum Gasteiger partial charge on any atom is -0.494 e. The number of ether oxygens (including phenoxy) is 1. The molecule has 0 N–H and O–H groups in total. The van der Waals surface area contributed by atoms with E-state index in [9.17, 15) is 0 Å². The van der Waals surface area contributed by atoms with Gasteiger partial charge in [0.15, 0.2) is 0 Å². The van der Waals surface area contributed by atoms with E-state index in [1.807, 2.05) is 48.5 Å². The Hall–Kier alpha value is -2.73. The summed E-state index contributed by atoms with van der Waals surface area (Å²) in [5.74, 6) is 2.16. The molecule has 3 heterocycles. The summed E-state index contributed by atoms with van der Waals surface area (Å²) in [5.41, 5.74) is 0.739. The highest BCUT2D eigenvalue weighted by Crippen LogP contribution is 2.31. The molecule has 134 valence electrons. The predicted molar refractivity (Wildman–Crippen MR) is 97.6 cm³/mol. The maximum Gasteiger partial charge on any atom is 0.244 e. The average molecular weight is 350 g/mol. The van der Waals surface area contributed by atoms with E-state index in [-0.39, 0.29) is 6.04 Å². The highest BCUT2D eigenvalue weighted by molar-refractivity contribution is 5.47. The van der Waals surface area contributed by atoms with Gasteiger partial charge in [0, 0.05) is 12.7 Å². The van der Waals surface area contributed by atoms with Gasteiger partial charge >= 0.3 is 0 Å². The average Bonchev–Trinajstić information content (AvgIpc) is 3.36. The van der Waals surface area contributed by atoms with E-state index in [0.717, 1.165) is 43.8 Å². The number of hydrogen-bond donors (Lipinski definition) is 0. The van der Waals surface area contributed by atoms with Crippen LogP contribution in [0.3, 0.4) is 0 Å². The van der Waals surface area contributed by atoms with Crippen molar-refractivity contribution in [3.05, 3.63) is 60.6 Å². The standard InChI is InChI=1S/C20H22N4O2/c1-2-8-16(9-3-1)25-15-7-14-24-13-6-11-18(24)20-22-19(23-26-20)17-10-4-5-12-21-17/h1-5,8-10,12,18H,6-7,11,13-15H2. The molecule has 6 nitrogen and oxygen atoms in total. The van der Waals surface area contributed by atoms with Gasteiger partial charge in [0.25, 0.3) is 0 Å². The molecule has 1 unspecified atom stereocenters. The van der Waals surface area contributed by atoms with Crippen molar-refractivity contribution in [3.8, 4) is 17.3 Å². The molecule has 3 aromatic rings. The van der Waals surface area contributed by atoms with Crippen molar-refractivity contribution in [2.24, 2.45) is 0 Å². The second kappa shape index (κ2) is 8.10. The maximum atomic E-state index is 5.78. The molecule has 0 saturated carbocycles. The molecule has 2 aromatic heterocycles. The third kappa shape index (κ3) is 3.91. The molecular formula is C20H22N4O2. The quantitative estimate of drug-likeness (QED) is 0.605. The molecule has 1 atom stereocenters. The molecule has 0 aliphatic carbocycles. The molecule has 6 heteroatoms. The lowest BCUT2D eigenvalue weighted by atomic mass is 10.2. The Morgan fingerprint density at radius 3 is 2.85 bits per heavy atom. The molecule has 1 aliphatic rings. The fourth-order valence-corrected chi connectivity index (χ4v) is 3.32. The van der Waals surface area contributed by atoms with Crippen molar-refractivity contribution in [3.63, 3.8) is 0 Å². The molecule has 26 heavy (non-hydrogen) atoms. The van der Waals surface area contributed by atoms with E-state index in [1.165, 1.54) is 0 Å². The van der Waals surface area contributed by atoms with Gasteiger partial charge in [-0.3, -0.25) is 9.88 Å². The van der Waals surface area contributed by atoms with E-state index in [2.05, 4.69) is 20.0 Å². The van der Waals surface area contributed by atoms with Gasteiger partial charge in [-0.1, -0.05) is 29.4 Å². The van der Waals surface area contributed by atoms with Crippen LogP contribution >= 0.6 is 0 Å². The van der Waals surface area contributed by atoms with Gasteiger partial charge < -0.3 is 9.26 Å². The summed E-state index contributed by atoms with van der Waals surface area (Å²) in [4.78, 5) is 11.3. The van der Waals surface area contributed by atoms with Crippen molar-refractivity contribution in [1.29, 1.82) is 0 Å². The van der Waals surface area contributed by atoms with E-state index in [1.54, 1.807) is 6.20 Å². The zero-order chi connectivity index (χ0) is 17.6. The van der Waals surface area contributed by atoms with E-state index in [4.69, 9.17) is 9.26 Å². The summed E-state index contributed by atoms with van der Waals surface area (Å²) in [6.07, 6.45) is 4.89. The predicted octanol–water partition coefficient (Wildman–Crippen LogP) is 3.74. The van der Waals surface area contributed by atoms with Crippen molar-refractivity contribution in [1.82, 2.24) is 20.0 Å². The van der Waals surface area contributed by atoms with Crippen LogP contribution in [0.25, 0.3) is 11.5 Å². The van der Waals surface area contributed by atoms with E-state index in [0.29, 0.717) is 18.3 Å². The minimum absolute atomic E-state index is 0.191. The number of para-hydroxylation sites is 1. The number of benzene rings is 1. The zero-order valence-corrected chi connectivity index (χ0v) is 14.6. The number of pyridine rings is 1. The second-order valence-electron chi connectivity index (χ2n) is 6.38. The Morgan fingerprint density at radius 1 is 1.12 bits per heavy atom. The molecule has 1 fully saturated rings. The van der Waals surface area contributed by atoms with Gasteiger partial charge in [-0.05, 0) is 50.1 Å². The number of likely N-dealkylation sites (tertiary alicyclic amines) is 1. The number of nitrogens with zero attached hydrogens (tertiary/aromatic N) is 4. The SMILES string of the molecule is c1ccc(OCCCN2CCCC2c2nc(-c3ccccn3)no2)cc1. The highest BCUT2D eigenvalue weighted by Gasteiger charge is 2.30. The third-order valence-electron chi connectivity index (χ3n) is 4.59. The van der Waals surface area contributed by atoms with Crippen LogP contribution in [0.15, 0.2) is 59.3 Å². The summed E-state index contributed by atoms with van der Waals surface area (Å²) < 4.78 is 11.3. The Kier molecular flexibility index (Phi) is 5.21. The van der Waals surface area contributed by atoms with Crippen LogP contribution in [-0.2, 0) is 0 Å². The summed E-state index contributed by atoms with van der Waals surface area (Å²) >= 11 is 0. The molecule has 0 bridgehead atoms. The smallest absolute Gasteiger partial charge is 0.244 e.